The summed E-state index contributed by atoms with van der Waals surface area (Å²) in [6, 6.07) is 7.23. The summed E-state index contributed by atoms with van der Waals surface area (Å²) in [7, 11) is 0. The van der Waals surface area contributed by atoms with Crippen LogP contribution in [0, 0.1) is 23.2 Å². The maximum atomic E-state index is 13.1. The highest BCUT2D eigenvalue weighted by atomic mass is 19.4. The largest absolute Gasteiger partial charge is 0.416 e. The van der Waals surface area contributed by atoms with Gasteiger partial charge in [0.05, 0.1) is 5.56 Å². The molecule has 192 valence electrons. The topological polar surface area (TPSA) is 88.7 Å². The van der Waals surface area contributed by atoms with Gasteiger partial charge in [0.1, 0.15) is 23.5 Å². The maximum absolute atomic E-state index is 13.1. The number of halogens is 3. The average Bonchev–Trinajstić information content (AvgIpc) is 3.14. The summed E-state index contributed by atoms with van der Waals surface area (Å²) in [5.41, 5.74) is 0.929. The van der Waals surface area contributed by atoms with E-state index in [1.807, 2.05) is 31.4 Å². The predicted molar refractivity (Wildman–Crippen MR) is 130 cm³/mol. The van der Waals surface area contributed by atoms with Crippen LogP contribution in [0.15, 0.2) is 24.3 Å². The molecule has 10 heteroatoms. The van der Waals surface area contributed by atoms with E-state index in [2.05, 4.69) is 22.2 Å². The molecule has 1 aliphatic carbocycles. The minimum Gasteiger partial charge on any atom is -0.370 e. The Labute approximate surface area is 208 Å². The lowest BCUT2D eigenvalue weighted by Crippen LogP contribution is -2.31. The van der Waals surface area contributed by atoms with Crippen molar-refractivity contribution in [2.45, 2.75) is 71.8 Å². The van der Waals surface area contributed by atoms with E-state index in [9.17, 15) is 18.4 Å². The van der Waals surface area contributed by atoms with Crippen LogP contribution < -0.4 is 5.32 Å². The Morgan fingerprint density at radius 3 is 2.36 bits per heavy atom. The molecule has 0 spiro atoms. The average molecular weight is 501 g/mol. The SMILES string of the molecule is CC(C)COC(C)c1nc2nc(C#N)nc(N[C@H](C)C3CCC3)c2n1Cc1ccc(C(F)(F)F)cc1. The first-order chi connectivity index (χ1) is 17.1. The minimum atomic E-state index is -4.40. The Hall–Kier alpha value is -3.19. The third kappa shape index (κ3) is 5.62. The van der Waals surface area contributed by atoms with Crippen molar-refractivity contribution in [3.63, 3.8) is 0 Å². The Balaban J connectivity index is 1.80. The summed E-state index contributed by atoms with van der Waals surface area (Å²) < 4.78 is 47.2. The molecule has 2 heterocycles. The van der Waals surface area contributed by atoms with E-state index < -0.39 is 17.8 Å². The lowest BCUT2D eigenvalue weighted by atomic mass is 9.80. The van der Waals surface area contributed by atoms with Gasteiger partial charge in [-0.1, -0.05) is 32.4 Å². The number of imidazole rings is 1. The first-order valence-corrected chi connectivity index (χ1v) is 12.3. The molecule has 36 heavy (non-hydrogen) atoms. The summed E-state index contributed by atoms with van der Waals surface area (Å²) in [5.74, 6) is 1.91. The number of nitrogens with zero attached hydrogens (tertiary/aromatic N) is 5. The van der Waals surface area contributed by atoms with Crippen molar-refractivity contribution in [3.05, 3.63) is 47.0 Å². The minimum absolute atomic E-state index is 0.00675. The number of nitriles is 1. The van der Waals surface area contributed by atoms with Crippen LogP contribution in [-0.2, 0) is 17.5 Å². The van der Waals surface area contributed by atoms with Gasteiger partial charge in [0.25, 0.3) is 0 Å². The number of aromatic nitrogens is 4. The number of benzene rings is 1. The number of hydrogen-bond acceptors (Lipinski definition) is 6. The van der Waals surface area contributed by atoms with E-state index in [1.54, 1.807) is 0 Å². The van der Waals surface area contributed by atoms with Gasteiger partial charge in [0, 0.05) is 19.2 Å². The van der Waals surface area contributed by atoms with Crippen molar-refractivity contribution >= 4 is 17.0 Å². The number of ether oxygens (including phenoxy) is 1. The second-order valence-corrected chi connectivity index (χ2v) is 9.92. The van der Waals surface area contributed by atoms with Crippen LogP contribution in [0.5, 0.6) is 0 Å². The van der Waals surface area contributed by atoms with Crippen molar-refractivity contribution in [3.8, 4) is 6.07 Å². The van der Waals surface area contributed by atoms with E-state index in [4.69, 9.17) is 9.72 Å². The number of anilines is 1. The van der Waals surface area contributed by atoms with Crippen molar-refractivity contribution < 1.29 is 17.9 Å². The van der Waals surface area contributed by atoms with Gasteiger partial charge in [0.15, 0.2) is 11.5 Å². The summed E-state index contributed by atoms with van der Waals surface area (Å²) in [6.45, 7) is 8.84. The zero-order valence-corrected chi connectivity index (χ0v) is 20.9. The molecular weight excluding hydrogens is 469 g/mol. The maximum Gasteiger partial charge on any atom is 0.416 e. The molecule has 1 saturated carbocycles. The van der Waals surface area contributed by atoms with E-state index in [0.29, 0.717) is 46.8 Å². The molecular formula is C26H31F3N6O. The van der Waals surface area contributed by atoms with Crippen molar-refractivity contribution in [2.75, 3.05) is 11.9 Å². The van der Waals surface area contributed by atoms with Crippen LogP contribution in [-0.4, -0.2) is 32.2 Å². The lowest BCUT2D eigenvalue weighted by molar-refractivity contribution is -0.137. The highest BCUT2D eigenvalue weighted by Crippen LogP contribution is 2.34. The van der Waals surface area contributed by atoms with Crippen LogP contribution in [0.2, 0.25) is 0 Å². The standard InChI is InChI=1S/C26H31F3N6O/c1-15(2)14-36-17(4)25-34-24-22(35(25)13-18-8-10-20(11-9-18)26(27,28)29)23(32-21(12-30)33-24)31-16(3)19-6-5-7-19/h8-11,15-17,19H,5-7,13-14H2,1-4H3,(H,31,32,33)/t16-,17?/m1/s1. The third-order valence-corrected chi connectivity index (χ3v) is 6.62. The summed E-state index contributed by atoms with van der Waals surface area (Å²) in [5, 5.41) is 13.0. The second kappa shape index (κ2) is 10.4. The van der Waals surface area contributed by atoms with Crippen LogP contribution >= 0.6 is 0 Å². The summed E-state index contributed by atoms with van der Waals surface area (Å²) in [6.07, 6.45) is -1.35. The number of alkyl halides is 3. The van der Waals surface area contributed by atoms with Crippen LogP contribution in [0.4, 0.5) is 19.0 Å². The van der Waals surface area contributed by atoms with Gasteiger partial charge in [-0.3, -0.25) is 0 Å². The van der Waals surface area contributed by atoms with Crippen molar-refractivity contribution in [1.29, 1.82) is 5.26 Å². The van der Waals surface area contributed by atoms with Crippen molar-refractivity contribution in [2.24, 2.45) is 11.8 Å². The molecule has 4 rings (SSSR count). The van der Waals surface area contributed by atoms with Gasteiger partial charge in [-0.15, -0.1) is 0 Å². The van der Waals surface area contributed by atoms with E-state index >= 15 is 0 Å². The zero-order chi connectivity index (χ0) is 26.0. The van der Waals surface area contributed by atoms with Gasteiger partial charge in [0.2, 0.25) is 5.82 Å². The van der Waals surface area contributed by atoms with Crippen LogP contribution in [0.3, 0.4) is 0 Å². The summed E-state index contributed by atoms with van der Waals surface area (Å²) in [4.78, 5) is 13.5. The molecule has 3 aromatic rings. The normalized spacial score (nSPS) is 16.1. The predicted octanol–water partition coefficient (Wildman–Crippen LogP) is 6.10. The highest BCUT2D eigenvalue weighted by Gasteiger charge is 2.30. The van der Waals surface area contributed by atoms with E-state index in [0.717, 1.165) is 25.0 Å². The fraction of sp³-hybridized carbons (Fsp3) is 0.538. The van der Waals surface area contributed by atoms with E-state index in [-0.39, 0.29) is 18.4 Å². The molecule has 2 aromatic heterocycles. The molecule has 0 saturated heterocycles. The zero-order valence-electron chi connectivity index (χ0n) is 20.9. The number of nitrogens with one attached hydrogen (secondary N) is 1. The molecule has 2 atom stereocenters. The molecule has 1 unspecified atom stereocenters. The molecule has 0 aliphatic heterocycles. The summed E-state index contributed by atoms with van der Waals surface area (Å²) >= 11 is 0. The molecule has 0 radical (unpaired) electrons. The highest BCUT2D eigenvalue weighted by molar-refractivity contribution is 5.84. The first-order valence-electron chi connectivity index (χ1n) is 12.3. The first kappa shape index (κ1) is 25.9. The second-order valence-electron chi connectivity index (χ2n) is 9.92. The quantitative estimate of drug-likeness (QED) is 0.382. The number of hydrogen-bond donors (Lipinski definition) is 1. The molecule has 0 amide bonds. The molecule has 1 aliphatic rings. The van der Waals surface area contributed by atoms with Gasteiger partial charge in [-0.2, -0.15) is 28.4 Å². The fourth-order valence-electron chi connectivity index (χ4n) is 4.34. The number of fused-ring (bicyclic) bond motifs is 1. The third-order valence-electron chi connectivity index (χ3n) is 6.62. The molecule has 1 fully saturated rings. The molecule has 1 aromatic carbocycles. The Morgan fingerprint density at radius 2 is 1.81 bits per heavy atom. The van der Waals surface area contributed by atoms with Crippen molar-refractivity contribution in [1.82, 2.24) is 19.5 Å². The molecule has 0 bridgehead atoms. The van der Waals surface area contributed by atoms with Crippen LogP contribution in [0.25, 0.3) is 11.2 Å². The van der Waals surface area contributed by atoms with Gasteiger partial charge in [-0.05, 0) is 56.2 Å². The van der Waals surface area contributed by atoms with Crippen LogP contribution in [0.1, 0.15) is 75.8 Å². The fourth-order valence-corrected chi connectivity index (χ4v) is 4.34. The number of rotatable bonds is 9. The van der Waals surface area contributed by atoms with Gasteiger partial charge < -0.3 is 14.6 Å². The Bertz CT molecular complexity index is 1240. The van der Waals surface area contributed by atoms with Gasteiger partial charge in [-0.25, -0.2) is 4.98 Å². The smallest absolute Gasteiger partial charge is 0.370 e. The van der Waals surface area contributed by atoms with Gasteiger partial charge >= 0.3 is 6.18 Å². The molecule has 7 nitrogen and oxygen atoms in total. The Morgan fingerprint density at radius 1 is 1.11 bits per heavy atom. The van der Waals surface area contributed by atoms with E-state index in [1.165, 1.54) is 18.6 Å². The Kier molecular flexibility index (Phi) is 7.50. The monoisotopic (exact) mass is 500 g/mol. The lowest BCUT2D eigenvalue weighted by Gasteiger charge is -2.32. The molecule has 1 N–H and O–H groups in total.